The van der Waals surface area contributed by atoms with Crippen LogP contribution in [0, 0.1) is 4.77 Å². The van der Waals surface area contributed by atoms with Crippen LogP contribution in [0.3, 0.4) is 0 Å². The summed E-state index contributed by atoms with van der Waals surface area (Å²) in [6.07, 6.45) is 0.598. The number of piperazine rings is 1. The van der Waals surface area contributed by atoms with Gasteiger partial charge in [0.15, 0.2) is 4.77 Å². The van der Waals surface area contributed by atoms with E-state index in [0.29, 0.717) is 16.2 Å². The van der Waals surface area contributed by atoms with Crippen molar-refractivity contribution in [3.63, 3.8) is 0 Å². The molecule has 6 rings (SSSR count). The number of aromatic amines is 1. The number of likely N-dealkylation sites (N-methyl/N-ethyl adjacent to an activating group) is 1. The Bertz CT molecular complexity index is 1470. The molecule has 2 N–H and O–H groups in total. The number of hydrogen-bond acceptors (Lipinski definition) is 4. The van der Waals surface area contributed by atoms with E-state index in [1.165, 1.54) is 11.3 Å². The summed E-state index contributed by atoms with van der Waals surface area (Å²) in [5.41, 5.74) is 6.56. The van der Waals surface area contributed by atoms with Crippen molar-refractivity contribution >= 4 is 40.4 Å². The zero-order valence-electron chi connectivity index (χ0n) is 20.3. The van der Waals surface area contributed by atoms with Crippen molar-refractivity contribution in [1.82, 2.24) is 19.0 Å². The summed E-state index contributed by atoms with van der Waals surface area (Å²) in [5.74, 6) is 0.256. The molecule has 0 radical (unpaired) electrons. The normalized spacial score (nSPS) is 18.3. The topological polar surface area (TPSA) is 52.4 Å². The summed E-state index contributed by atoms with van der Waals surface area (Å²) in [6, 6.07) is 14.7. The average molecular weight is 508 g/mol. The Morgan fingerprint density at radius 2 is 1.77 bits per heavy atom. The quantitative estimate of drug-likeness (QED) is 0.306. The van der Waals surface area contributed by atoms with Crippen LogP contribution in [-0.2, 0) is 6.42 Å². The molecule has 0 spiro atoms. The number of aromatic hydroxyl groups is 1. The molecule has 35 heavy (non-hydrogen) atoms. The van der Waals surface area contributed by atoms with Gasteiger partial charge in [-0.15, -0.1) is 0 Å². The fraction of sp³-hybridized carbons (Fsp3) is 0.370. The predicted octanol–water partition coefficient (Wildman–Crippen LogP) is 5.73. The maximum atomic E-state index is 11.2. The zero-order valence-corrected chi connectivity index (χ0v) is 21.8. The van der Waals surface area contributed by atoms with E-state index in [0.717, 1.165) is 54.0 Å². The molecule has 2 aliphatic rings. The predicted molar refractivity (Wildman–Crippen MR) is 145 cm³/mol. The van der Waals surface area contributed by atoms with Gasteiger partial charge in [-0.1, -0.05) is 23.7 Å². The lowest BCUT2D eigenvalue weighted by Crippen LogP contribution is -2.44. The van der Waals surface area contributed by atoms with Crippen molar-refractivity contribution < 1.29 is 5.11 Å². The Labute approximate surface area is 215 Å². The molecule has 2 aliphatic heterocycles. The summed E-state index contributed by atoms with van der Waals surface area (Å²) in [4.78, 5) is 8.48. The number of fused-ring (bicyclic) bond motifs is 4. The number of H-pyrrole nitrogens is 1. The van der Waals surface area contributed by atoms with Gasteiger partial charge in [0.2, 0.25) is 5.88 Å². The lowest BCUT2D eigenvalue weighted by atomic mass is 9.93. The van der Waals surface area contributed by atoms with E-state index in [2.05, 4.69) is 64.5 Å². The standard InChI is InChI=1S/C27H30ClN5OS/c1-16(2)32-26(34)23-15-21-20-14-18(28)6-9-22(20)29-24(21)25(33(23)27(32)35)17-4-7-19(8-5-17)31-12-10-30(3)11-13-31/h4-9,14,16,25,29,34H,10-13,15H2,1-3H3. The van der Waals surface area contributed by atoms with Gasteiger partial charge in [0.1, 0.15) is 6.04 Å². The number of anilines is 1. The van der Waals surface area contributed by atoms with Gasteiger partial charge in [-0.3, -0.25) is 4.57 Å². The molecule has 0 saturated carbocycles. The number of aromatic nitrogens is 3. The number of nitrogens with zero attached hydrogens (tertiary/aromatic N) is 4. The summed E-state index contributed by atoms with van der Waals surface area (Å²) in [7, 11) is 2.18. The average Bonchev–Trinajstić information content (AvgIpc) is 3.32. The minimum atomic E-state index is -0.153. The Balaban J connectivity index is 1.51. The minimum Gasteiger partial charge on any atom is -0.493 e. The van der Waals surface area contributed by atoms with Gasteiger partial charge in [0.25, 0.3) is 0 Å². The molecular weight excluding hydrogens is 478 g/mol. The number of hydrogen-bond donors (Lipinski definition) is 2. The third-order valence-corrected chi connectivity index (χ3v) is 8.19. The van der Waals surface area contributed by atoms with E-state index in [-0.39, 0.29) is 18.0 Å². The van der Waals surface area contributed by atoms with Crippen LogP contribution in [0.5, 0.6) is 5.88 Å². The summed E-state index contributed by atoms with van der Waals surface area (Å²) in [5, 5.41) is 13.0. The second-order valence-corrected chi connectivity index (χ2v) is 10.9. The fourth-order valence-electron chi connectivity index (χ4n) is 5.67. The van der Waals surface area contributed by atoms with E-state index < -0.39 is 0 Å². The Morgan fingerprint density at radius 3 is 2.46 bits per heavy atom. The molecule has 1 saturated heterocycles. The van der Waals surface area contributed by atoms with Crippen LogP contribution in [0.1, 0.15) is 48.4 Å². The van der Waals surface area contributed by atoms with Crippen molar-refractivity contribution in [2.24, 2.45) is 0 Å². The monoisotopic (exact) mass is 507 g/mol. The Morgan fingerprint density at radius 1 is 1.06 bits per heavy atom. The molecule has 1 fully saturated rings. The number of nitrogens with one attached hydrogen (secondary N) is 1. The molecular formula is C27H30ClN5OS. The van der Waals surface area contributed by atoms with Crippen LogP contribution in [0.15, 0.2) is 42.5 Å². The molecule has 2 aromatic heterocycles. The van der Waals surface area contributed by atoms with E-state index in [9.17, 15) is 5.11 Å². The van der Waals surface area contributed by atoms with E-state index in [1.807, 2.05) is 22.8 Å². The first-order valence-electron chi connectivity index (χ1n) is 12.2. The van der Waals surface area contributed by atoms with Gasteiger partial charge in [-0.25, -0.2) is 0 Å². The smallest absolute Gasteiger partial charge is 0.214 e. The van der Waals surface area contributed by atoms with Gasteiger partial charge in [-0.05, 0) is 74.6 Å². The maximum Gasteiger partial charge on any atom is 0.214 e. The molecule has 2 aromatic carbocycles. The highest BCUT2D eigenvalue weighted by Gasteiger charge is 2.34. The summed E-state index contributed by atoms with van der Waals surface area (Å²) < 4.78 is 4.63. The van der Waals surface area contributed by atoms with Crippen LogP contribution < -0.4 is 4.90 Å². The molecule has 1 unspecified atom stereocenters. The van der Waals surface area contributed by atoms with E-state index in [1.54, 1.807) is 0 Å². The van der Waals surface area contributed by atoms with Gasteiger partial charge >= 0.3 is 0 Å². The van der Waals surface area contributed by atoms with Crippen LogP contribution >= 0.6 is 23.8 Å². The van der Waals surface area contributed by atoms with E-state index in [4.69, 9.17) is 23.8 Å². The molecule has 4 heterocycles. The van der Waals surface area contributed by atoms with Crippen molar-refractivity contribution in [3.05, 3.63) is 74.8 Å². The maximum absolute atomic E-state index is 11.2. The van der Waals surface area contributed by atoms with Crippen molar-refractivity contribution in [1.29, 1.82) is 0 Å². The molecule has 4 aromatic rings. The van der Waals surface area contributed by atoms with E-state index >= 15 is 0 Å². The molecule has 0 amide bonds. The molecule has 182 valence electrons. The fourth-order valence-corrected chi connectivity index (χ4v) is 6.36. The van der Waals surface area contributed by atoms with Gasteiger partial charge in [-0.2, -0.15) is 0 Å². The summed E-state index contributed by atoms with van der Waals surface area (Å²) in [6.45, 7) is 8.32. The second-order valence-electron chi connectivity index (χ2n) is 10.1. The van der Waals surface area contributed by atoms with Gasteiger partial charge in [0.05, 0.1) is 5.69 Å². The first-order valence-corrected chi connectivity index (χ1v) is 13.0. The third kappa shape index (κ3) is 3.60. The number of benzene rings is 2. The SMILES string of the molecule is CC(C)n1c(O)c2n(c1=S)C(c1ccc(N3CCN(C)CC3)cc1)c1[nH]c3ccc(Cl)cc3c1C2. The molecule has 6 nitrogen and oxygen atoms in total. The van der Waals surface area contributed by atoms with Crippen molar-refractivity contribution in [2.75, 3.05) is 38.1 Å². The lowest BCUT2D eigenvalue weighted by Gasteiger charge is -2.34. The Hall–Kier alpha value is -2.74. The molecule has 0 aliphatic carbocycles. The lowest BCUT2D eigenvalue weighted by molar-refractivity contribution is 0.313. The minimum absolute atomic E-state index is 0.0605. The van der Waals surface area contributed by atoms with Gasteiger partial charge < -0.3 is 24.5 Å². The van der Waals surface area contributed by atoms with Crippen molar-refractivity contribution in [3.8, 4) is 5.88 Å². The van der Waals surface area contributed by atoms with Crippen molar-refractivity contribution in [2.45, 2.75) is 32.4 Å². The number of halogens is 1. The first-order chi connectivity index (χ1) is 16.8. The number of rotatable bonds is 3. The molecule has 0 bridgehead atoms. The van der Waals surface area contributed by atoms with Crippen LogP contribution in [0.2, 0.25) is 5.02 Å². The largest absolute Gasteiger partial charge is 0.493 e. The highest BCUT2D eigenvalue weighted by atomic mass is 35.5. The van der Waals surface area contributed by atoms with Crippen LogP contribution in [-0.4, -0.2) is 57.4 Å². The highest BCUT2D eigenvalue weighted by Crippen LogP contribution is 2.44. The highest BCUT2D eigenvalue weighted by molar-refractivity contribution is 7.71. The Kier molecular flexibility index (Phi) is 5.47. The molecule has 1 atom stereocenters. The zero-order chi connectivity index (χ0) is 24.4. The van der Waals surface area contributed by atoms with Crippen LogP contribution in [0.25, 0.3) is 10.9 Å². The first kappa shape index (κ1) is 22.7. The summed E-state index contributed by atoms with van der Waals surface area (Å²) >= 11 is 12.3. The van der Waals surface area contributed by atoms with Gasteiger partial charge in [0, 0.05) is 65.9 Å². The molecule has 8 heteroatoms. The third-order valence-electron chi connectivity index (χ3n) is 7.56. The number of imidazole rings is 1. The second kappa shape index (κ2) is 8.43. The van der Waals surface area contributed by atoms with Crippen LogP contribution in [0.4, 0.5) is 5.69 Å².